The molecule has 0 aliphatic carbocycles. The van der Waals surface area contributed by atoms with Crippen LogP contribution in [0.4, 0.5) is 4.79 Å². The number of hydrogen-bond acceptors (Lipinski definition) is 3. The van der Waals surface area contributed by atoms with Crippen LogP contribution in [0.1, 0.15) is 18.4 Å². The third-order valence-corrected chi connectivity index (χ3v) is 4.17. The van der Waals surface area contributed by atoms with E-state index in [-0.39, 0.29) is 11.6 Å². The summed E-state index contributed by atoms with van der Waals surface area (Å²) in [6, 6.07) is 7.63. The second-order valence-corrected chi connectivity index (χ2v) is 5.71. The summed E-state index contributed by atoms with van der Waals surface area (Å²) in [6.07, 6.45) is 1.85. The third-order valence-electron chi connectivity index (χ3n) is 3.94. The molecule has 2 aliphatic rings. The molecule has 2 heterocycles. The number of piperidine rings is 1. The Morgan fingerprint density at radius 2 is 2.37 bits per heavy atom. The van der Waals surface area contributed by atoms with Gasteiger partial charge in [0.15, 0.2) is 0 Å². The minimum absolute atomic E-state index is 0.183. The highest BCUT2D eigenvalue weighted by Gasteiger charge is 2.47. The van der Waals surface area contributed by atoms with E-state index in [1.165, 1.54) is 0 Å². The first kappa shape index (κ1) is 12.8. The lowest BCUT2D eigenvalue weighted by Gasteiger charge is -2.38. The molecule has 2 fully saturated rings. The van der Waals surface area contributed by atoms with Crippen molar-refractivity contribution in [1.29, 1.82) is 0 Å². The zero-order valence-corrected chi connectivity index (χ0v) is 11.4. The van der Waals surface area contributed by atoms with Crippen molar-refractivity contribution in [2.75, 3.05) is 19.7 Å². The van der Waals surface area contributed by atoms with Crippen LogP contribution >= 0.6 is 11.6 Å². The van der Waals surface area contributed by atoms with Crippen molar-refractivity contribution >= 4 is 17.7 Å². The number of rotatable bonds is 2. The first-order chi connectivity index (χ1) is 9.20. The van der Waals surface area contributed by atoms with Gasteiger partial charge in [0.05, 0.1) is 5.54 Å². The molecule has 2 aliphatic heterocycles. The molecule has 19 heavy (non-hydrogen) atoms. The van der Waals surface area contributed by atoms with Crippen molar-refractivity contribution in [3.63, 3.8) is 0 Å². The normalized spacial score (nSPS) is 26.8. The lowest BCUT2D eigenvalue weighted by molar-refractivity contribution is 0.124. The molecule has 3 rings (SSSR count). The largest absolute Gasteiger partial charge is 0.447 e. The van der Waals surface area contributed by atoms with Crippen LogP contribution < -0.4 is 5.32 Å². The number of carbonyl (C=O) groups excluding carboxylic acids is 1. The van der Waals surface area contributed by atoms with E-state index in [0.717, 1.165) is 31.5 Å². The summed E-state index contributed by atoms with van der Waals surface area (Å²) in [5, 5.41) is 4.06. The van der Waals surface area contributed by atoms with Gasteiger partial charge in [0.25, 0.3) is 0 Å². The van der Waals surface area contributed by atoms with Gasteiger partial charge in [-0.2, -0.15) is 0 Å². The number of nitrogens with one attached hydrogen (secondary N) is 1. The van der Waals surface area contributed by atoms with Crippen LogP contribution in [0.15, 0.2) is 24.3 Å². The van der Waals surface area contributed by atoms with Crippen LogP contribution in [0, 0.1) is 0 Å². The zero-order valence-electron chi connectivity index (χ0n) is 10.7. The number of cyclic esters (lactones) is 1. The summed E-state index contributed by atoms with van der Waals surface area (Å²) in [5.74, 6) is 0. The van der Waals surface area contributed by atoms with Crippen molar-refractivity contribution in [2.24, 2.45) is 0 Å². The second-order valence-electron chi connectivity index (χ2n) is 5.28. The Labute approximate surface area is 117 Å². The highest BCUT2D eigenvalue weighted by atomic mass is 35.5. The van der Waals surface area contributed by atoms with Gasteiger partial charge >= 0.3 is 6.09 Å². The van der Waals surface area contributed by atoms with E-state index in [2.05, 4.69) is 5.32 Å². The molecule has 4 nitrogen and oxygen atoms in total. The Bertz CT molecular complexity index is 486. The van der Waals surface area contributed by atoms with Crippen LogP contribution in [-0.2, 0) is 11.3 Å². The van der Waals surface area contributed by atoms with Crippen molar-refractivity contribution < 1.29 is 9.53 Å². The molecule has 2 saturated heterocycles. The molecule has 102 valence electrons. The minimum Gasteiger partial charge on any atom is -0.447 e. The average molecular weight is 281 g/mol. The fourth-order valence-corrected chi connectivity index (χ4v) is 3.11. The first-order valence-corrected chi connectivity index (χ1v) is 6.97. The molecular formula is C14H17ClN2O2. The van der Waals surface area contributed by atoms with Gasteiger partial charge in [0, 0.05) is 18.1 Å². The van der Waals surface area contributed by atoms with Crippen LogP contribution in [0.3, 0.4) is 0 Å². The van der Waals surface area contributed by atoms with Gasteiger partial charge in [-0.25, -0.2) is 4.79 Å². The molecule has 0 aromatic heterocycles. The van der Waals surface area contributed by atoms with Crippen molar-refractivity contribution in [2.45, 2.75) is 24.9 Å². The molecule has 0 radical (unpaired) electrons. The minimum atomic E-state index is -0.219. The summed E-state index contributed by atoms with van der Waals surface area (Å²) in [5.41, 5.74) is 0.855. The van der Waals surface area contributed by atoms with Crippen LogP contribution in [0.2, 0.25) is 5.02 Å². The second kappa shape index (κ2) is 5.02. The maximum atomic E-state index is 12.0. The number of halogens is 1. The fourth-order valence-electron chi connectivity index (χ4n) is 2.90. The Hall–Kier alpha value is -1.26. The number of amides is 1. The highest BCUT2D eigenvalue weighted by molar-refractivity contribution is 6.30. The molecule has 1 unspecified atom stereocenters. The Kier molecular flexibility index (Phi) is 3.37. The lowest BCUT2D eigenvalue weighted by Crippen LogP contribution is -2.56. The van der Waals surface area contributed by atoms with E-state index in [9.17, 15) is 4.79 Å². The number of carbonyl (C=O) groups is 1. The first-order valence-electron chi connectivity index (χ1n) is 6.59. The maximum Gasteiger partial charge on any atom is 0.410 e. The fraction of sp³-hybridized carbons (Fsp3) is 0.500. The standard InChI is InChI=1S/C14H17ClN2O2/c15-12-4-1-3-11(7-12)8-17-13(18)19-10-14(17)5-2-6-16-9-14/h1,3-4,7,16H,2,5-6,8-10H2. The molecule has 1 atom stereocenters. The summed E-state index contributed by atoms with van der Waals surface area (Å²) in [4.78, 5) is 13.8. The molecular weight excluding hydrogens is 264 g/mol. The Morgan fingerprint density at radius 1 is 1.47 bits per heavy atom. The van der Waals surface area contributed by atoms with Gasteiger partial charge in [-0.3, -0.25) is 4.90 Å². The Morgan fingerprint density at radius 3 is 3.11 bits per heavy atom. The van der Waals surface area contributed by atoms with Gasteiger partial charge in [-0.1, -0.05) is 23.7 Å². The predicted molar refractivity (Wildman–Crippen MR) is 73.2 cm³/mol. The summed E-state index contributed by atoms with van der Waals surface area (Å²) in [6.45, 7) is 2.86. The van der Waals surface area contributed by atoms with Gasteiger partial charge in [-0.05, 0) is 37.1 Å². The van der Waals surface area contributed by atoms with E-state index >= 15 is 0 Å². The maximum absolute atomic E-state index is 12.0. The zero-order chi connectivity index (χ0) is 13.3. The monoisotopic (exact) mass is 280 g/mol. The van der Waals surface area contributed by atoms with Gasteiger partial charge < -0.3 is 10.1 Å². The van der Waals surface area contributed by atoms with Crippen molar-refractivity contribution in [1.82, 2.24) is 10.2 Å². The smallest absolute Gasteiger partial charge is 0.410 e. The van der Waals surface area contributed by atoms with E-state index in [1.807, 2.05) is 29.2 Å². The molecule has 1 aromatic carbocycles. The molecule has 5 heteroatoms. The molecule has 1 N–H and O–H groups in total. The highest BCUT2D eigenvalue weighted by Crippen LogP contribution is 2.32. The summed E-state index contributed by atoms with van der Waals surface area (Å²) in [7, 11) is 0. The number of nitrogens with zero attached hydrogens (tertiary/aromatic N) is 1. The van der Waals surface area contributed by atoms with Crippen LogP contribution in [-0.4, -0.2) is 36.2 Å². The molecule has 0 saturated carbocycles. The Balaban J connectivity index is 1.82. The van der Waals surface area contributed by atoms with Crippen molar-refractivity contribution in [3.05, 3.63) is 34.9 Å². The van der Waals surface area contributed by atoms with Crippen LogP contribution in [0.25, 0.3) is 0 Å². The van der Waals surface area contributed by atoms with Crippen molar-refractivity contribution in [3.8, 4) is 0 Å². The number of ether oxygens (including phenoxy) is 1. The van der Waals surface area contributed by atoms with E-state index in [1.54, 1.807) is 0 Å². The van der Waals surface area contributed by atoms with E-state index in [0.29, 0.717) is 18.2 Å². The van der Waals surface area contributed by atoms with Gasteiger partial charge in [0.1, 0.15) is 6.61 Å². The van der Waals surface area contributed by atoms with Crippen LogP contribution in [0.5, 0.6) is 0 Å². The van der Waals surface area contributed by atoms with E-state index in [4.69, 9.17) is 16.3 Å². The third kappa shape index (κ3) is 2.42. The predicted octanol–water partition coefficient (Wildman–Crippen LogP) is 2.41. The molecule has 1 aromatic rings. The summed E-state index contributed by atoms with van der Waals surface area (Å²) < 4.78 is 5.28. The van der Waals surface area contributed by atoms with E-state index < -0.39 is 0 Å². The lowest BCUT2D eigenvalue weighted by atomic mass is 9.89. The van der Waals surface area contributed by atoms with Gasteiger partial charge in [0.2, 0.25) is 0 Å². The molecule has 0 bridgehead atoms. The topological polar surface area (TPSA) is 41.6 Å². The SMILES string of the molecule is O=C1OCC2(CCCNC2)N1Cc1cccc(Cl)c1. The average Bonchev–Trinajstić information content (AvgIpc) is 2.69. The number of hydrogen-bond donors (Lipinski definition) is 1. The number of benzene rings is 1. The summed E-state index contributed by atoms with van der Waals surface area (Å²) >= 11 is 6.00. The van der Waals surface area contributed by atoms with Gasteiger partial charge in [-0.15, -0.1) is 0 Å². The molecule has 1 spiro atoms. The molecule has 1 amide bonds. The quantitative estimate of drug-likeness (QED) is 0.905.